The number of likely N-dealkylation sites (tertiary alicyclic amines) is 1. The van der Waals surface area contributed by atoms with Gasteiger partial charge in [-0.1, -0.05) is 0 Å². The molecule has 0 aliphatic carbocycles. The molecule has 0 spiro atoms. The monoisotopic (exact) mass is 283 g/mol. The third kappa shape index (κ3) is 3.54. The Morgan fingerprint density at radius 3 is 2.74 bits per heavy atom. The summed E-state index contributed by atoms with van der Waals surface area (Å²) in [6, 6.07) is 0.633. The van der Waals surface area contributed by atoms with Crippen LogP contribution in [0.2, 0.25) is 0 Å². The zero-order valence-electron chi connectivity index (χ0n) is 12.2. The topological polar surface area (TPSA) is 37.4 Å². The lowest BCUT2D eigenvalue weighted by Crippen LogP contribution is -2.53. The van der Waals surface area contributed by atoms with E-state index >= 15 is 0 Å². The summed E-state index contributed by atoms with van der Waals surface area (Å²) in [5, 5.41) is 7.00. The van der Waals surface area contributed by atoms with Crippen molar-refractivity contribution in [2.45, 2.75) is 38.3 Å². The van der Waals surface area contributed by atoms with Crippen LogP contribution >= 0.6 is 11.3 Å². The second-order valence-electron chi connectivity index (χ2n) is 5.47. The number of nitrogens with one attached hydrogen (secondary N) is 1. The van der Waals surface area contributed by atoms with E-state index in [0.717, 1.165) is 39.1 Å². The largest absolute Gasteiger partial charge is 0.383 e. The first-order valence-corrected chi connectivity index (χ1v) is 7.94. The number of thiazole rings is 1. The minimum absolute atomic E-state index is 0.0537. The molecule has 0 saturated carbocycles. The molecule has 0 atom stereocenters. The minimum Gasteiger partial charge on any atom is -0.383 e. The van der Waals surface area contributed by atoms with Crippen LogP contribution in [0.3, 0.4) is 0 Å². The molecule has 2 rings (SSSR count). The van der Waals surface area contributed by atoms with E-state index in [2.05, 4.69) is 34.4 Å². The van der Waals surface area contributed by atoms with E-state index in [1.165, 1.54) is 5.01 Å². The van der Waals surface area contributed by atoms with Gasteiger partial charge >= 0.3 is 0 Å². The molecule has 1 aliphatic rings. The molecular weight excluding hydrogens is 258 g/mol. The van der Waals surface area contributed by atoms with Crippen LogP contribution in [0.25, 0.3) is 0 Å². The van der Waals surface area contributed by atoms with Crippen molar-refractivity contribution >= 4 is 11.3 Å². The molecule has 19 heavy (non-hydrogen) atoms. The maximum absolute atomic E-state index is 5.16. The van der Waals surface area contributed by atoms with Gasteiger partial charge in [-0.25, -0.2) is 4.98 Å². The number of aromatic nitrogens is 1. The Morgan fingerprint density at radius 1 is 1.47 bits per heavy atom. The second-order valence-corrected chi connectivity index (χ2v) is 6.36. The fourth-order valence-corrected chi connectivity index (χ4v) is 3.61. The lowest BCUT2D eigenvalue weighted by Gasteiger charge is -2.42. The van der Waals surface area contributed by atoms with Crippen molar-refractivity contribution in [3.8, 4) is 0 Å². The zero-order chi connectivity index (χ0) is 13.7. The lowest BCUT2D eigenvalue weighted by molar-refractivity contribution is 0.100. The minimum atomic E-state index is 0.0537. The predicted molar refractivity (Wildman–Crippen MR) is 79.6 cm³/mol. The van der Waals surface area contributed by atoms with Crippen LogP contribution in [0, 0.1) is 0 Å². The lowest BCUT2D eigenvalue weighted by atomic mass is 9.87. The van der Waals surface area contributed by atoms with Crippen LogP contribution in [-0.4, -0.2) is 49.3 Å². The Hall–Kier alpha value is -0.490. The summed E-state index contributed by atoms with van der Waals surface area (Å²) in [5.74, 6) is 0. The normalized spacial score (nSPS) is 20.0. The molecule has 108 valence electrons. The number of ether oxygens (including phenoxy) is 1. The molecule has 0 unspecified atom stereocenters. The first-order valence-electron chi connectivity index (χ1n) is 7.06. The number of methoxy groups -OCH3 is 1. The SMILES string of the molecule is COCCNC1(c2nccs2)CCN(C(C)C)CC1. The van der Waals surface area contributed by atoms with Gasteiger partial charge in [-0.05, 0) is 26.7 Å². The molecule has 1 aromatic rings. The molecule has 4 nitrogen and oxygen atoms in total. The van der Waals surface area contributed by atoms with Crippen LogP contribution in [0.4, 0.5) is 0 Å². The predicted octanol–water partition coefficient (Wildman–Crippen LogP) is 2.08. The van der Waals surface area contributed by atoms with Gasteiger partial charge in [0, 0.05) is 44.4 Å². The number of piperidine rings is 1. The standard InChI is InChI=1S/C14H25N3OS/c1-12(2)17-8-4-14(5-9-17,16-6-10-18-3)13-15-7-11-19-13/h7,11-12,16H,4-6,8-10H2,1-3H3. The average Bonchev–Trinajstić information content (AvgIpc) is 2.94. The quantitative estimate of drug-likeness (QED) is 0.811. The molecule has 1 fully saturated rings. The maximum Gasteiger partial charge on any atom is 0.113 e. The van der Waals surface area contributed by atoms with Crippen molar-refractivity contribution < 1.29 is 4.74 Å². The van der Waals surface area contributed by atoms with E-state index in [4.69, 9.17) is 4.74 Å². The first-order chi connectivity index (χ1) is 9.18. The highest BCUT2D eigenvalue weighted by molar-refractivity contribution is 7.09. The van der Waals surface area contributed by atoms with Crippen molar-refractivity contribution in [1.82, 2.24) is 15.2 Å². The van der Waals surface area contributed by atoms with E-state index in [0.29, 0.717) is 6.04 Å². The van der Waals surface area contributed by atoms with Crippen LogP contribution in [0.1, 0.15) is 31.7 Å². The summed E-state index contributed by atoms with van der Waals surface area (Å²) in [4.78, 5) is 7.10. The Morgan fingerprint density at radius 2 is 2.21 bits per heavy atom. The van der Waals surface area contributed by atoms with Crippen molar-refractivity contribution in [3.63, 3.8) is 0 Å². The van der Waals surface area contributed by atoms with Crippen LogP contribution in [0.15, 0.2) is 11.6 Å². The Kier molecular flexibility index (Phi) is 5.33. The molecule has 5 heteroatoms. The highest BCUT2D eigenvalue weighted by Crippen LogP contribution is 2.34. The average molecular weight is 283 g/mol. The summed E-state index contributed by atoms with van der Waals surface area (Å²) in [6.07, 6.45) is 4.17. The Labute approximate surface area is 120 Å². The van der Waals surface area contributed by atoms with E-state index in [1.807, 2.05) is 6.20 Å². The van der Waals surface area contributed by atoms with Crippen molar-refractivity contribution in [2.75, 3.05) is 33.4 Å². The first kappa shape index (κ1) is 14.9. The van der Waals surface area contributed by atoms with Crippen LogP contribution < -0.4 is 5.32 Å². The molecule has 1 aromatic heterocycles. The van der Waals surface area contributed by atoms with Gasteiger partial charge in [-0.2, -0.15) is 0 Å². The second kappa shape index (κ2) is 6.79. The van der Waals surface area contributed by atoms with Gasteiger partial charge < -0.3 is 15.0 Å². The fourth-order valence-electron chi connectivity index (χ4n) is 2.74. The van der Waals surface area contributed by atoms with Gasteiger partial charge in [-0.15, -0.1) is 11.3 Å². The van der Waals surface area contributed by atoms with E-state index in [-0.39, 0.29) is 5.54 Å². The smallest absolute Gasteiger partial charge is 0.113 e. The van der Waals surface area contributed by atoms with Crippen molar-refractivity contribution in [3.05, 3.63) is 16.6 Å². The van der Waals surface area contributed by atoms with Gasteiger partial charge in [0.15, 0.2) is 0 Å². The highest BCUT2D eigenvalue weighted by atomic mass is 32.1. The number of nitrogens with zero attached hydrogens (tertiary/aromatic N) is 2. The Balaban J connectivity index is 2.04. The summed E-state index contributed by atoms with van der Waals surface area (Å²) in [7, 11) is 1.75. The summed E-state index contributed by atoms with van der Waals surface area (Å²) < 4.78 is 5.16. The summed E-state index contributed by atoms with van der Waals surface area (Å²) in [6.45, 7) is 8.46. The zero-order valence-corrected chi connectivity index (χ0v) is 13.0. The van der Waals surface area contributed by atoms with Gasteiger partial charge in [0.05, 0.1) is 12.1 Å². The molecule has 0 aromatic carbocycles. The molecule has 1 saturated heterocycles. The number of hydrogen-bond acceptors (Lipinski definition) is 5. The highest BCUT2D eigenvalue weighted by Gasteiger charge is 2.38. The molecule has 2 heterocycles. The third-order valence-electron chi connectivity index (χ3n) is 3.99. The van der Waals surface area contributed by atoms with Crippen LogP contribution in [0.5, 0.6) is 0 Å². The number of hydrogen-bond donors (Lipinski definition) is 1. The molecule has 1 aliphatic heterocycles. The van der Waals surface area contributed by atoms with E-state index < -0.39 is 0 Å². The molecule has 1 N–H and O–H groups in total. The van der Waals surface area contributed by atoms with Gasteiger partial charge in [0.2, 0.25) is 0 Å². The fraction of sp³-hybridized carbons (Fsp3) is 0.786. The van der Waals surface area contributed by atoms with Crippen molar-refractivity contribution in [2.24, 2.45) is 0 Å². The maximum atomic E-state index is 5.16. The van der Waals surface area contributed by atoms with E-state index in [9.17, 15) is 0 Å². The van der Waals surface area contributed by atoms with Crippen LogP contribution in [-0.2, 0) is 10.3 Å². The van der Waals surface area contributed by atoms with E-state index in [1.54, 1.807) is 18.4 Å². The van der Waals surface area contributed by atoms with Crippen molar-refractivity contribution in [1.29, 1.82) is 0 Å². The molecular formula is C14H25N3OS. The third-order valence-corrected chi connectivity index (χ3v) is 4.97. The molecule has 0 radical (unpaired) electrons. The Bertz CT molecular complexity index is 359. The van der Waals surface area contributed by atoms with Gasteiger partial charge in [0.1, 0.15) is 5.01 Å². The molecule has 0 bridgehead atoms. The molecule has 0 amide bonds. The van der Waals surface area contributed by atoms with Gasteiger partial charge in [-0.3, -0.25) is 0 Å². The summed E-state index contributed by atoms with van der Waals surface area (Å²) >= 11 is 1.76. The summed E-state index contributed by atoms with van der Waals surface area (Å²) in [5.41, 5.74) is 0.0537. The number of rotatable bonds is 6. The van der Waals surface area contributed by atoms with Gasteiger partial charge in [0.25, 0.3) is 0 Å².